The van der Waals surface area contributed by atoms with Crippen LogP contribution >= 0.6 is 0 Å². The maximum atomic E-state index is 12.2. The maximum absolute atomic E-state index is 12.2. The lowest BCUT2D eigenvalue weighted by atomic mass is 10.0. The summed E-state index contributed by atoms with van der Waals surface area (Å²) in [6.45, 7) is 11.8. The zero-order valence-corrected chi connectivity index (χ0v) is 26.0. The average molecular weight is 569 g/mol. The number of carbonyl (C=O) groups is 2. The number of carbonyl (C=O) groups excluding carboxylic acids is 2. The van der Waals surface area contributed by atoms with Gasteiger partial charge in [0.15, 0.2) is 0 Å². The van der Waals surface area contributed by atoms with Gasteiger partial charge >= 0.3 is 6.09 Å². The predicted octanol–water partition coefficient (Wildman–Crippen LogP) is 7.79. The van der Waals surface area contributed by atoms with Gasteiger partial charge in [-0.05, 0) is 80.5 Å². The molecule has 0 saturated carbocycles. The number of aliphatic hydroxyl groups excluding tert-OH is 1. The van der Waals surface area contributed by atoms with Crippen molar-refractivity contribution < 1.29 is 24.2 Å². The van der Waals surface area contributed by atoms with E-state index in [4.69, 9.17) is 14.6 Å². The highest BCUT2D eigenvalue weighted by Gasteiger charge is 2.12. The number of anilines is 1. The Bertz CT molecular complexity index is 1040. The number of nitrogens with one attached hydrogen (secondary N) is 1. The number of hydrogen-bond donors (Lipinski definition) is 2. The average Bonchev–Trinajstić information content (AvgIpc) is 2.89. The van der Waals surface area contributed by atoms with Crippen LogP contribution in [0.15, 0.2) is 30.3 Å². The summed E-state index contributed by atoms with van der Waals surface area (Å²) >= 11 is 0. The molecule has 0 bridgehead atoms. The Balaban J connectivity index is 1.49. The summed E-state index contributed by atoms with van der Waals surface area (Å²) in [4.78, 5) is 26.1. The Hall–Kier alpha value is -3.06. The van der Waals surface area contributed by atoms with Gasteiger partial charge in [-0.25, -0.2) is 4.79 Å². The molecule has 0 aromatic heterocycles. The van der Waals surface area contributed by atoms with Crippen molar-refractivity contribution in [3.8, 4) is 5.75 Å². The van der Waals surface area contributed by atoms with Crippen molar-refractivity contribution in [3.05, 3.63) is 58.1 Å². The van der Waals surface area contributed by atoms with Crippen LogP contribution in [0, 0.1) is 27.7 Å². The third-order valence-corrected chi connectivity index (χ3v) is 7.20. The molecule has 2 amide bonds. The molecule has 0 aliphatic carbocycles. The molecule has 0 saturated heterocycles. The molecule has 228 valence electrons. The molecule has 0 aliphatic rings. The Morgan fingerprint density at radius 3 is 1.83 bits per heavy atom. The second kappa shape index (κ2) is 19.1. The fraction of sp³-hybridized carbons (Fsp3) is 0.588. The molecule has 2 N–H and O–H groups in total. The number of rotatable bonds is 19. The lowest BCUT2D eigenvalue weighted by Crippen LogP contribution is -2.29. The second-order valence-corrected chi connectivity index (χ2v) is 11.2. The van der Waals surface area contributed by atoms with Crippen molar-refractivity contribution in [2.75, 3.05) is 31.7 Å². The van der Waals surface area contributed by atoms with Gasteiger partial charge in [0.25, 0.3) is 0 Å². The van der Waals surface area contributed by atoms with Gasteiger partial charge in [-0.2, -0.15) is 0 Å². The second-order valence-electron chi connectivity index (χ2n) is 11.2. The predicted molar refractivity (Wildman–Crippen MR) is 167 cm³/mol. The fourth-order valence-corrected chi connectivity index (χ4v) is 5.26. The van der Waals surface area contributed by atoms with E-state index in [0.29, 0.717) is 13.2 Å². The van der Waals surface area contributed by atoms with Gasteiger partial charge in [0.1, 0.15) is 12.4 Å². The minimum atomic E-state index is -0.384. The molecule has 0 spiro atoms. The van der Waals surface area contributed by atoms with Crippen LogP contribution in [0.25, 0.3) is 0 Å². The van der Waals surface area contributed by atoms with Crippen LogP contribution in [0.1, 0.15) is 98.9 Å². The third-order valence-electron chi connectivity index (χ3n) is 7.20. The summed E-state index contributed by atoms with van der Waals surface area (Å²) in [6, 6.07) is 10.1. The first kappa shape index (κ1) is 34.1. The van der Waals surface area contributed by atoms with Crippen molar-refractivity contribution in [1.82, 2.24) is 4.90 Å². The van der Waals surface area contributed by atoms with Crippen molar-refractivity contribution in [3.63, 3.8) is 0 Å². The van der Waals surface area contributed by atoms with E-state index in [2.05, 4.69) is 23.5 Å². The highest BCUT2D eigenvalue weighted by atomic mass is 16.5. The van der Waals surface area contributed by atoms with Crippen molar-refractivity contribution in [1.29, 1.82) is 0 Å². The molecule has 0 atom stereocenters. The van der Waals surface area contributed by atoms with E-state index in [1.54, 1.807) is 6.92 Å². The highest BCUT2D eigenvalue weighted by Crippen LogP contribution is 2.25. The van der Waals surface area contributed by atoms with Gasteiger partial charge < -0.3 is 19.5 Å². The Morgan fingerprint density at radius 1 is 0.756 bits per heavy atom. The first-order valence-electron chi connectivity index (χ1n) is 15.3. The van der Waals surface area contributed by atoms with Crippen molar-refractivity contribution >= 4 is 17.7 Å². The number of benzene rings is 2. The van der Waals surface area contributed by atoms with Gasteiger partial charge in [0, 0.05) is 25.7 Å². The Labute approximate surface area is 247 Å². The zero-order valence-electron chi connectivity index (χ0n) is 26.0. The van der Waals surface area contributed by atoms with E-state index in [-0.39, 0.29) is 25.2 Å². The lowest BCUT2D eigenvalue weighted by molar-refractivity contribution is -0.129. The van der Waals surface area contributed by atoms with Gasteiger partial charge in [-0.1, -0.05) is 69.6 Å². The molecule has 2 rings (SSSR count). The van der Waals surface area contributed by atoms with Crippen LogP contribution in [0.4, 0.5) is 10.5 Å². The Kier molecular flexibility index (Phi) is 15.9. The van der Waals surface area contributed by atoms with Crippen LogP contribution in [0.5, 0.6) is 5.75 Å². The highest BCUT2D eigenvalue weighted by molar-refractivity contribution is 5.84. The summed E-state index contributed by atoms with van der Waals surface area (Å²) < 4.78 is 11.0. The number of unbranched alkanes of at least 4 members (excludes halogenated alkanes) is 9. The molecule has 0 unspecified atom stereocenters. The van der Waals surface area contributed by atoms with Crippen LogP contribution in [0.3, 0.4) is 0 Å². The van der Waals surface area contributed by atoms with Crippen molar-refractivity contribution in [2.45, 2.75) is 105 Å². The number of aliphatic hydroxyl groups is 1. The Morgan fingerprint density at radius 2 is 1.29 bits per heavy atom. The number of hydrogen-bond acceptors (Lipinski definition) is 5. The van der Waals surface area contributed by atoms with E-state index in [1.807, 2.05) is 44.7 Å². The minimum Gasteiger partial charge on any atom is -0.491 e. The molecule has 2 aromatic rings. The molecule has 2 aromatic carbocycles. The van der Waals surface area contributed by atoms with Gasteiger partial charge in [0.05, 0.1) is 13.2 Å². The molecule has 0 heterocycles. The molecule has 0 fully saturated rings. The largest absolute Gasteiger partial charge is 0.491 e. The van der Waals surface area contributed by atoms with E-state index >= 15 is 0 Å². The molecular formula is C34H52N2O5. The van der Waals surface area contributed by atoms with Gasteiger partial charge in [0.2, 0.25) is 5.91 Å². The van der Waals surface area contributed by atoms with E-state index in [9.17, 15) is 9.59 Å². The standard InChI is InChI=1S/C34H52N2O5/c1-26-20-27(2)22-32(21-26)35-34(39)41-18-15-13-11-9-7-6-8-10-12-14-16-36(30(5)38)25-31-23-28(3)33(29(4)24-31)40-19-17-37/h20-24,37H,6-19,25H2,1-5H3,(H,35,39). The summed E-state index contributed by atoms with van der Waals surface area (Å²) in [5.41, 5.74) is 6.18. The van der Waals surface area contributed by atoms with Crippen LogP contribution in [-0.4, -0.2) is 48.4 Å². The molecule has 41 heavy (non-hydrogen) atoms. The quantitative estimate of drug-likeness (QED) is 0.169. The summed E-state index contributed by atoms with van der Waals surface area (Å²) in [5, 5.41) is 11.8. The molecular weight excluding hydrogens is 516 g/mol. The molecule has 7 heteroatoms. The van der Waals surface area contributed by atoms with Gasteiger partial charge in [-0.3, -0.25) is 10.1 Å². The van der Waals surface area contributed by atoms with E-state index in [0.717, 1.165) is 71.5 Å². The smallest absolute Gasteiger partial charge is 0.411 e. The molecule has 0 aliphatic heterocycles. The van der Waals surface area contributed by atoms with Gasteiger partial charge in [-0.15, -0.1) is 0 Å². The number of amides is 2. The molecule has 0 radical (unpaired) electrons. The monoisotopic (exact) mass is 568 g/mol. The topological polar surface area (TPSA) is 88.1 Å². The fourth-order valence-electron chi connectivity index (χ4n) is 5.26. The van der Waals surface area contributed by atoms with E-state index in [1.165, 1.54) is 38.5 Å². The van der Waals surface area contributed by atoms with Crippen LogP contribution in [0.2, 0.25) is 0 Å². The lowest BCUT2D eigenvalue weighted by Gasteiger charge is -2.22. The first-order valence-corrected chi connectivity index (χ1v) is 15.3. The van der Waals surface area contributed by atoms with Crippen molar-refractivity contribution in [2.24, 2.45) is 0 Å². The minimum absolute atomic E-state index is 0.00720. The number of aryl methyl sites for hydroxylation is 4. The first-order chi connectivity index (χ1) is 19.7. The molecule has 7 nitrogen and oxygen atoms in total. The zero-order chi connectivity index (χ0) is 30.0. The van der Waals surface area contributed by atoms with Crippen LogP contribution < -0.4 is 10.1 Å². The van der Waals surface area contributed by atoms with E-state index < -0.39 is 0 Å². The number of ether oxygens (including phenoxy) is 2. The number of nitrogens with zero attached hydrogens (tertiary/aromatic N) is 1. The summed E-state index contributed by atoms with van der Waals surface area (Å²) in [6.07, 6.45) is 11.1. The normalized spacial score (nSPS) is 10.9. The maximum Gasteiger partial charge on any atom is 0.411 e. The third kappa shape index (κ3) is 13.9. The van der Waals surface area contributed by atoms with Crippen LogP contribution in [-0.2, 0) is 16.1 Å². The summed E-state index contributed by atoms with van der Waals surface area (Å²) in [5.74, 6) is 0.924. The SMILES string of the molecule is CC(=O)N(CCCCCCCCCCCCOC(=O)Nc1cc(C)cc(C)c1)Cc1cc(C)c(OCCO)c(C)c1. The summed E-state index contributed by atoms with van der Waals surface area (Å²) in [7, 11) is 0.